The summed E-state index contributed by atoms with van der Waals surface area (Å²) in [7, 11) is 0. The van der Waals surface area contributed by atoms with Crippen molar-refractivity contribution in [3.8, 4) is 5.75 Å². The van der Waals surface area contributed by atoms with Crippen LogP contribution in [0.1, 0.15) is 99.5 Å². The first kappa shape index (κ1) is 32.5. The molecule has 44 heavy (non-hydrogen) atoms. The van der Waals surface area contributed by atoms with E-state index in [0.717, 1.165) is 67.7 Å². The Morgan fingerprint density at radius 2 is 1.75 bits per heavy atom. The van der Waals surface area contributed by atoms with Gasteiger partial charge in [-0.25, -0.2) is 0 Å². The first-order chi connectivity index (χ1) is 20.9. The van der Waals surface area contributed by atoms with Gasteiger partial charge >= 0.3 is 0 Å². The van der Waals surface area contributed by atoms with Crippen molar-refractivity contribution in [1.29, 1.82) is 0 Å². The van der Waals surface area contributed by atoms with Crippen LogP contribution in [0.15, 0.2) is 23.0 Å². The van der Waals surface area contributed by atoms with Gasteiger partial charge in [0.1, 0.15) is 11.4 Å². The summed E-state index contributed by atoms with van der Waals surface area (Å²) in [5.74, 6) is 0.473. The smallest absolute Gasteiger partial charge is 0.253 e. The average molecular weight is 609 g/mol. The summed E-state index contributed by atoms with van der Waals surface area (Å²) >= 11 is 0. The van der Waals surface area contributed by atoms with Gasteiger partial charge in [0.15, 0.2) is 0 Å². The van der Waals surface area contributed by atoms with Crippen LogP contribution in [0.3, 0.4) is 0 Å². The lowest BCUT2D eigenvalue weighted by Gasteiger charge is -2.51. The zero-order valence-electron chi connectivity index (χ0n) is 27.8. The fourth-order valence-corrected chi connectivity index (χ4v) is 7.68. The van der Waals surface area contributed by atoms with Crippen molar-refractivity contribution in [2.24, 2.45) is 0 Å². The predicted molar refractivity (Wildman–Crippen MR) is 174 cm³/mol. The molecule has 1 aromatic carbocycles. The van der Waals surface area contributed by atoms with Crippen LogP contribution in [-0.2, 0) is 16.0 Å². The second-order valence-corrected chi connectivity index (χ2v) is 13.5. The second-order valence-electron chi connectivity index (χ2n) is 13.5. The van der Waals surface area contributed by atoms with E-state index in [4.69, 9.17) is 14.2 Å². The number of aromatic amines is 1. The van der Waals surface area contributed by atoms with E-state index in [-0.39, 0.29) is 54.5 Å². The molecule has 3 fully saturated rings. The number of benzene rings is 1. The van der Waals surface area contributed by atoms with Gasteiger partial charge in [0.25, 0.3) is 11.5 Å². The Bertz CT molecular complexity index is 1390. The van der Waals surface area contributed by atoms with Gasteiger partial charge in [-0.3, -0.25) is 9.59 Å². The number of morpholine rings is 1. The van der Waals surface area contributed by atoms with Crippen LogP contribution in [0.2, 0.25) is 0 Å². The highest BCUT2D eigenvalue weighted by molar-refractivity contribution is 5.97. The number of H-pyrrole nitrogens is 1. The lowest BCUT2D eigenvalue weighted by molar-refractivity contribution is -0.129. The van der Waals surface area contributed by atoms with Crippen molar-refractivity contribution in [1.82, 2.24) is 15.6 Å². The number of aromatic nitrogens is 1. The minimum atomic E-state index is -0.398. The van der Waals surface area contributed by atoms with Gasteiger partial charge in [0.05, 0.1) is 30.5 Å². The summed E-state index contributed by atoms with van der Waals surface area (Å²) in [6.45, 7) is 18.2. The first-order valence-corrected chi connectivity index (χ1v) is 16.5. The minimum Gasteiger partial charge on any atom is -0.485 e. The molecule has 9 heteroatoms. The largest absolute Gasteiger partial charge is 0.485 e. The van der Waals surface area contributed by atoms with E-state index in [2.05, 4.69) is 61.2 Å². The number of nitrogens with zero attached hydrogens (tertiary/aromatic N) is 1. The van der Waals surface area contributed by atoms with Gasteiger partial charge in [-0.05, 0) is 111 Å². The van der Waals surface area contributed by atoms with Crippen molar-refractivity contribution in [2.75, 3.05) is 18.0 Å². The molecule has 1 amide bonds. The summed E-state index contributed by atoms with van der Waals surface area (Å²) in [4.78, 5) is 31.9. The molecule has 0 radical (unpaired) electrons. The maximum absolute atomic E-state index is 13.9. The average Bonchev–Trinajstić information content (AvgIpc) is 2.91. The third kappa shape index (κ3) is 6.70. The number of amides is 1. The minimum absolute atomic E-state index is 0.0138. The van der Waals surface area contributed by atoms with Crippen LogP contribution in [0, 0.1) is 20.8 Å². The normalized spacial score (nSPS) is 28.2. The molecule has 2 aromatic rings. The Kier molecular flexibility index (Phi) is 9.78. The number of rotatable bonds is 9. The molecule has 5 rings (SSSR count). The highest BCUT2D eigenvalue weighted by Crippen LogP contribution is 2.44. The van der Waals surface area contributed by atoms with Crippen LogP contribution in [0.5, 0.6) is 5.75 Å². The number of anilines is 1. The molecule has 1 aromatic heterocycles. The number of carbonyl (C=O) groups excluding carboxylic acids is 1. The quantitative estimate of drug-likeness (QED) is 0.365. The monoisotopic (exact) mass is 608 g/mol. The Labute approximate surface area is 262 Å². The number of carbonyl (C=O) groups is 1. The van der Waals surface area contributed by atoms with Gasteiger partial charge < -0.3 is 34.7 Å². The molecule has 0 bridgehead atoms. The molecule has 1 saturated carbocycles. The van der Waals surface area contributed by atoms with E-state index in [1.807, 2.05) is 32.9 Å². The van der Waals surface area contributed by atoms with Gasteiger partial charge in [0, 0.05) is 54.3 Å². The maximum Gasteiger partial charge on any atom is 0.253 e. The van der Waals surface area contributed by atoms with Crippen molar-refractivity contribution in [3.05, 3.63) is 56.5 Å². The molecule has 2 saturated heterocycles. The van der Waals surface area contributed by atoms with Crippen molar-refractivity contribution >= 4 is 11.6 Å². The highest BCUT2D eigenvalue weighted by atomic mass is 16.5. The molecule has 3 heterocycles. The van der Waals surface area contributed by atoms with Crippen LogP contribution >= 0.6 is 0 Å². The Morgan fingerprint density at radius 3 is 2.34 bits per heavy atom. The SMILES string of the molecule is CCN(c1cc(OC2([C@H]3NC[C@@H](C)O[C@H]3C)CCC2)cc(C(=O)NCc2c(C)cc(C)[nH]c2=O)c1C)C1C[C@@H](C)O[C@@H](C)C1. The van der Waals surface area contributed by atoms with Crippen molar-refractivity contribution in [3.63, 3.8) is 0 Å². The molecule has 9 nitrogen and oxygen atoms in total. The predicted octanol–water partition coefficient (Wildman–Crippen LogP) is 5.08. The summed E-state index contributed by atoms with van der Waals surface area (Å²) in [6.07, 6.45) is 5.29. The van der Waals surface area contributed by atoms with Gasteiger partial charge in [0.2, 0.25) is 0 Å². The van der Waals surface area contributed by atoms with E-state index in [1.54, 1.807) is 0 Å². The number of hydrogen-bond donors (Lipinski definition) is 3. The molecule has 0 spiro atoms. The fraction of sp³-hybridized carbons (Fsp3) is 0.657. The Hall–Kier alpha value is -2.88. The van der Waals surface area contributed by atoms with E-state index in [0.29, 0.717) is 16.9 Å². The molecule has 3 aliphatic rings. The fourth-order valence-electron chi connectivity index (χ4n) is 7.68. The van der Waals surface area contributed by atoms with Crippen molar-refractivity contribution in [2.45, 2.75) is 136 Å². The summed E-state index contributed by atoms with van der Waals surface area (Å²) in [6, 6.07) is 6.29. The zero-order valence-corrected chi connectivity index (χ0v) is 27.8. The first-order valence-electron chi connectivity index (χ1n) is 16.5. The Balaban J connectivity index is 1.50. The lowest BCUT2D eigenvalue weighted by atomic mass is 9.72. The molecular weight excluding hydrogens is 556 g/mol. The lowest BCUT2D eigenvalue weighted by Crippen LogP contribution is -2.67. The van der Waals surface area contributed by atoms with E-state index >= 15 is 0 Å². The summed E-state index contributed by atoms with van der Waals surface area (Å²) < 4.78 is 19.3. The summed E-state index contributed by atoms with van der Waals surface area (Å²) in [5, 5.41) is 6.75. The van der Waals surface area contributed by atoms with E-state index in [9.17, 15) is 9.59 Å². The van der Waals surface area contributed by atoms with Crippen LogP contribution in [-0.4, -0.2) is 66.1 Å². The topological polar surface area (TPSA) is 105 Å². The number of nitrogens with one attached hydrogen (secondary N) is 3. The van der Waals surface area contributed by atoms with Gasteiger partial charge in [-0.1, -0.05) is 0 Å². The number of ether oxygens (including phenoxy) is 3. The zero-order chi connectivity index (χ0) is 31.8. The maximum atomic E-state index is 13.9. The number of hydrogen-bond acceptors (Lipinski definition) is 7. The molecule has 2 aliphatic heterocycles. The molecule has 242 valence electrons. The number of pyridine rings is 1. The van der Waals surface area contributed by atoms with Crippen LogP contribution < -0.4 is 25.8 Å². The molecule has 3 N–H and O–H groups in total. The second kappa shape index (κ2) is 13.2. The molecule has 1 aliphatic carbocycles. The van der Waals surface area contributed by atoms with Gasteiger partial charge in [-0.15, -0.1) is 0 Å². The standard InChI is InChI=1S/C35H52N4O5/c1-9-39(27-14-22(4)42-23(5)15-27)31-17-28(44-35(11-10-12-35)32-26(8)43-24(6)18-36-32)16-29(25(31)7)33(40)37-19-30-20(2)13-21(3)38-34(30)41/h13,16-17,22-24,26-27,32,36H,9-12,14-15,18-19H2,1-8H3,(H,37,40)(H,38,41)/t22-,23+,24-,26+,27?,32+/m1/s1. The summed E-state index contributed by atoms with van der Waals surface area (Å²) in [5.41, 5.74) is 4.13. The molecule has 1 unspecified atom stereocenters. The molecule has 6 atom stereocenters. The van der Waals surface area contributed by atoms with E-state index < -0.39 is 5.60 Å². The van der Waals surface area contributed by atoms with Crippen molar-refractivity contribution < 1.29 is 19.0 Å². The highest BCUT2D eigenvalue weighted by Gasteiger charge is 2.50. The third-order valence-corrected chi connectivity index (χ3v) is 9.91. The Morgan fingerprint density at radius 1 is 1.05 bits per heavy atom. The van der Waals surface area contributed by atoms with E-state index in [1.165, 1.54) is 0 Å². The van der Waals surface area contributed by atoms with Crippen LogP contribution in [0.4, 0.5) is 5.69 Å². The molecular formula is C35H52N4O5. The van der Waals surface area contributed by atoms with Gasteiger partial charge in [-0.2, -0.15) is 0 Å². The third-order valence-electron chi connectivity index (χ3n) is 9.91. The van der Waals surface area contributed by atoms with Crippen LogP contribution in [0.25, 0.3) is 0 Å². The number of aryl methyl sites for hydroxylation is 2.